The summed E-state index contributed by atoms with van der Waals surface area (Å²) < 4.78 is 16.6. The van der Waals surface area contributed by atoms with Crippen LogP contribution < -0.4 is 24.8 Å². The van der Waals surface area contributed by atoms with E-state index in [2.05, 4.69) is 10.6 Å². The Bertz CT molecular complexity index is 821. The molecule has 2 aliphatic rings. The SMILES string of the molecule is COc1ccc(Cl)cc1NC(=O)Nc1c2c(cc3c1OCC3)OCC2. The van der Waals surface area contributed by atoms with Gasteiger partial charge in [-0.05, 0) is 24.3 Å². The van der Waals surface area contributed by atoms with Gasteiger partial charge in [0.05, 0.1) is 31.7 Å². The number of carbonyl (C=O) groups excluding carboxylic acids is 1. The van der Waals surface area contributed by atoms with E-state index >= 15 is 0 Å². The first kappa shape index (κ1) is 15.9. The molecule has 25 heavy (non-hydrogen) atoms. The van der Waals surface area contributed by atoms with Gasteiger partial charge in [0.1, 0.15) is 17.2 Å². The van der Waals surface area contributed by atoms with Crippen molar-refractivity contribution in [3.63, 3.8) is 0 Å². The van der Waals surface area contributed by atoms with Gasteiger partial charge in [-0.3, -0.25) is 0 Å². The Morgan fingerprint density at radius 2 is 2.00 bits per heavy atom. The Hall–Kier alpha value is -2.60. The summed E-state index contributed by atoms with van der Waals surface area (Å²) in [4.78, 5) is 12.5. The van der Waals surface area contributed by atoms with Crippen LogP contribution in [0.25, 0.3) is 0 Å². The second-order valence-corrected chi connectivity index (χ2v) is 6.27. The van der Waals surface area contributed by atoms with Crippen LogP contribution in [0.3, 0.4) is 0 Å². The lowest BCUT2D eigenvalue weighted by Gasteiger charge is -2.15. The molecule has 2 N–H and O–H groups in total. The van der Waals surface area contributed by atoms with Crippen LogP contribution in [0, 0.1) is 0 Å². The molecule has 0 saturated heterocycles. The summed E-state index contributed by atoms with van der Waals surface area (Å²) in [5.74, 6) is 2.08. The van der Waals surface area contributed by atoms with E-state index in [1.807, 2.05) is 6.07 Å². The molecule has 0 aromatic heterocycles. The molecule has 6 nitrogen and oxygen atoms in total. The van der Waals surface area contributed by atoms with E-state index in [9.17, 15) is 4.79 Å². The van der Waals surface area contributed by atoms with Gasteiger partial charge in [0.15, 0.2) is 0 Å². The number of fused-ring (bicyclic) bond motifs is 2. The van der Waals surface area contributed by atoms with Crippen molar-refractivity contribution in [3.8, 4) is 17.2 Å². The zero-order valence-electron chi connectivity index (χ0n) is 13.6. The third kappa shape index (κ3) is 2.93. The highest BCUT2D eigenvalue weighted by Crippen LogP contribution is 2.44. The van der Waals surface area contributed by atoms with Crippen molar-refractivity contribution in [2.45, 2.75) is 12.8 Å². The number of halogens is 1. The molecule has 0 atom stereocenters. The fraction of sp³-hybridized carbons (Fsp3) is 0.278. The number of hydrogen-bond donors (Lipinski definition) is 2. The first-order valence-corrected chi connectivity index (χ1v) is 8.39. The van der Waals surface area contributed by atoms with Crippen molar-refractivity contribution in [1.82, 2.24) is 0 Å². The maximum atomic E-state index is 12.5. The van der Waals surface area contributed by atoms with Gasteiger partial charge in [-0.1, -0.05) is 11.6 Å². The Morgan fingerprint density at radius 1 is 1.16 bits per heavy atom. The smallest absolute Gasteiger partial charge is 0.323 e. The molecule has 2 aromatic carbocycles. The monoisotopic (exact) mass is 360 g/mol. The molecule has 0 unspecified atom stereocenters. The summed E-state index contributed by atoms with van der Waals surface area (Å²) in [6, 6.07) is 6.66. The van der Waals surface area contributed by atoms with E-state index in [4.69, 9.17) is 25.8 Å². The van der Waals surface area contributed by atoms with Crippen LogP contribution in [-0.2, 0) is 12.8 Å². The number of ether oxygens (including phenoxy) is 3. The molecule has 7 heteroatoms. The van der Waals surface area contributed by atoms with E-state index in [1.165, 1.54) is 7.11 Å². The highest BCUT2D eigenvalue weighted by atomic mass is 35.5. The number of anilines is 2. The first-order valence-electron chi connectivity index (χ1n) is 8.01. The van der Waals surface area contributed by atoms with Gasteiger partial charge in [0.25, 0.3) is 0 Å². The first-order chi connectivity index (χ1) is 12.2. The van der Waals surface area contributed by atoms with Crippen molar-refractivity contribution in [3.05, 3.63) is 40.4 Å². The van der Waals surface area contributed by atoms with Crippen LogP contribution >= 0.6 is 11.6 Å². The molecule has 0 bridgehead atoms. The van der Waals surface area contributed by atoms with Crippen LogP contribution in [0.5, 0.6) is 17.2 Å². The summed E-state index contributed by atoms with van der Waals surface area (Å²) in [7, 11) is 1.54. The zero-order valence-corrected chi connectivity index (χ0v) is 14.4. The summed E-state index contributed by atoms with van der Waals surface area (Å²) in [5.41, 5.74) is 3.19. The summed E-state index contributed by atoms with van der Waals surface area (Å²) in [6.45, 7) is 1.22. The van der Waals surface area contributed by atoms with Gasteiger partial charge < -0.3 is 24.8 Å². The van der Waals surface area contributed by atoms with E-state index in [0.717, 1.165) is 35.5 Å². The standard InChI is InChI=1S/C18H17ClN2O4/c1-23-14-3-2-11(19)9-13(14)20-18(22)21-16-12-5-7-24-15(12)8-10-4-6-25-17(10)16/h2-3,8-9H,4-7H2,1H3,(H2,20,21,22). The number of methoxy groups -OCH3 is 1. The fourth-order valence-electron chi connectivity index (χ4n) is 3.16. The van der Waals surface area contributed by atoms with E-state index in [1.54, 1.807) is 18.2 Å². The Balaban J connectivity index is 1.61. The van der Waals surface area contributed by atoms with Crippen molar-refractivity contribution >= 4 is 29.0 Å². The van der Waals surface area contributed by atoms with E-state index in [0.29, 0.717) is 35.4 Å². The molecule has 4 rings (SSSR count). The Labute approximate surface area is 150 Å². The number of amides is 2. The number of carbonyl (C=O) groups is 1. The van der Waals surface area contributed by atoms with E-state index < -0.39 is 6.03 Å². The molecule has 0 fully saturated rings. The molecule has 0 spiro atoms. The van der Waals surface area contributed by atoms with Gasteiger partial charge in [-0.2, -0.15) is 0 Å². The zero-order chi connectivity index (χ0) is 17.4. The molecule has 2 aromatic rings. The third-order valence-electron chi connectivity index (χ3n) is 4.30. The molecule has 2 amide bonds. The van der Waals surface area contributed by atoms with Crippen LogP contribution in [0.15, 0.2) is 24.3 Å². The van der Waals surface area contributed by atoms with Gasteiger partial charge in [0.2, 0.25) is 0 Å². The topological polar surface area (TPSA) is 68.8 Å². The average Bonchev–Trinajstić information content (AvgIpc) is 3.23. The molecule has 0 saturated carbocycles. The minimum Gasteiger partial charge on any atom is -0.495 e. The largest absolute Gasteiger partial charge is 0.495 e. The second kappa shape index (κ2) is 6.37. The number of benzene rings is 2. The minimum atomic E-state index is -0.390. The molecule has 0 aliphatic carbocycles. The lowest BCUT2D eigenvalue weighted by molar-refractivity contribution is 0.262. The lowest BCUT2D eigenvalue weighted by Crippen LogP contribution is -2.21. The quantitative estimate of drug-likeness (QED) is 0.872. The summed E-state index contributed by atoms with van der Waals surface area (Å²) >= 11 is 6.01. The van der Waals surface area contributed by atoms with Crippen molar-refractivity contribution in [2.24, 2.45) is 0 Å². The molecular weight excluding hydrogens is 344 g/mol. The highest BCUT2D eigenvalue weighted by Gasteiger charge is 2.27. The molecule has 0 radical (unpaired) electrons. The van der Waals surface area contributed by atoms with Crippen molar-refractivity contribution in [1.29, 1.82) is 0 Å². The highest BCUT2D eigenvalue weighted by molar-refractivity contribution is 6.31. The molecule has 2 aliphatic heterocycles. The maximum Gasteiger partial charge on any atom is 0.323 e. The minimum absolute atomic E-state index is 0.390. The summed E-state index contributed by atoms with van der Waals surface area (Å²) in [6.07, 6.45) is 1.55. The third-order valence-corrected chi connectivity index (χ3v) is 4.53. The predicted molar refractivity (Wildman–Crippen MR) is 95.5 cm³/mol. The normalized spacial score (nSPS) is 14.2. The van der Waals surface area contributed by atoms with Gasteiger partial charge in [-0.15, -0.1) is 0 Å². The number of nitrogens with one attached hydrogen (secondary N) is 2. The van der Waals surface area contributed by atoms with Crippen LogP contribution in [-0.4, -0.2) is 26.4 Å². The van der Waals surface area contributed by atoms with Crippen molar-refractivity contribution < 1.29 is 19.0 Å². The number of hydrogen-bond acceptors (Lipinski definition) is 4. The van der Waals surface area contributed by atoms with Gasteiger partial charge >= 0.3 is 6.03 Å². The Morgan fingerprint density at radius 3 is 2.84 bits per heavy atom. The van der Waals surface area contributed by atoms with E-state index in [-0.39, 0.29) is 0 Å². The molecule has 2 heterocycles. The van der Waals surface area contributed by atoms with Crippen LogP contribution in [0.4, 0.5) is 16.2 Å². The van der Waals surface area contributed by atoms with Crippen molar-refractivity contribution in [2.75, 3.05) is 31.0 Å². The average molecular weight is 361 g/mol. The number of rotatable bonds is 3. The maximum absolute atomic E-state index is 12.5. The fourth-order valence-corrected chi connectivity index (χ4v) is 3.33. The Kier molecular flexibility index (Phi) is 4.05. The number of urea groups is 1. The van der Waals surface area contributed by atoms with Crippen LogP contribution in [0.2, 0.25) is 5.02 Å². The second-order valence-electron chi connectivity index (χ2n) is 5.84. The molecular formula is C18H17ClN2O4. The summed E-state index contributed by atoms with van der Waals surface area (Å²) in [5, 5.41) is 6.19. The lowest BCUT2D eigenvalue weighted by atomic mass is 10.0. The molecule has 130 valence electrons. The van der Waals surface area contributed by atoms with Gasteiger partial charge in [-0.25, -0.2) is 4.79 Å². The van der Waals surface area contributed by atoms with Crippen LogP contribution in [0.1, 0.15) is 11.1 Å². The van der Waals surface area contributed by atoms with Gasteiger partial charge in [0, 0.05) is 29.0 Å². The predicted octanol–water partition coefficient (Wildman–Crippen LogP) is 3.86.